The summed E-state index contributed by atoms with van der Waals surface area (Å²) < 4.78 is 40.9. The molecule has 0 aromatic carbocycles. The number of ether oxygens (including phenoxy) is 1. The van der Waals surface area contributed by atoms with Gasteiger partial charge in [-0.15, -0.1) is 0 Å². The Labute approximate surface area is 95.8 Å². The second-order valence-corrected chi connectivity index (χ2v) is 3.06. The van der Waals surface area contributed by atoms with Gasteiger partial charge in [0.15, 0.2) is 0 Å². The highest BCUT2D eigenvalue weighted by atomic mass is 19.3. The molecule has 1 aromatic heterocycles. The first kappa shape index (κ1) is 13.4. The van der Waals surface area contributed by atoms with Crippen LogP contribution in [0.1, 0.15) is 10.4 Å². The van der Waals surface area contributed by atoms with E-state index in [1.807, 2.05) is 0 Å². The lowest BCUT2D eigenvalue weighted by atomic mass is 10.2. The van der Waals surface area contributed by atoms with Crippen LogP contribution < -0.4 is 5.32 Å². The van der Waals surface area contributed by atoms with Crippen molar-refractivity contribution in [2.24, 2.45) is 0 Å². The van der Waals surface area contributed by atoms with Crippen molar-refractivity contribution in [3.05, 3.63) is 29.8 Å². The molecule has 0 atom stereocenters. The van der Waals surface area contributed by atoms with Gasteiger partial charge in [0, 0.05) is 12.7 Å². The second-order valence-electron chi connectivity index (χ2n) is 3.06. The molecule has 0 unspecified atom stereocenters. The molecule has 7 heteroatoms. The molecule has 0 aliphatic carbocycles. The van der Waals surface area contributed by atoms with Gasteiger partial charge in [0.2, 0.25) is 5.95 Å². The van der Waals surface area contributed by atoms with Gasteiger partial charge in [-0.2, -0.15) is 4.39 Å². The van der Waals surface area contributed by atoms with Gasteiger partial charge in [-0.3, -0.25) is 4.79 Å². The Morgan fingerprint density at radius 3 is 2.94 bits per heavy atom. The fourth-order valence-corrected chi connectivity index (χ4v) is 1.06. The standard InChI is InChI=1S/C10H11F3N2O2/c11-8(12)6-17-5-4-15-10(16)7-2-1-3-14-9(7)13/h1-3,8H,4-6H2,(H,15,16). The highest BCUT2D eigenvalue weighted by Gasteiger charge is 2.11. The summed E-state index contributed by atoms with van der Waals surface area (Å²) in [5.74, 6) is -1.53. The van der Waals surface area contributed by atoms with Crippen molar-refractivity contribution < 1.29 is 22.7 Å². The summed E-state index contributed by atoms with van der Waals surface area (Å²) >= 11 is 0. The number of carbonyl (C=O) groups is 1. The summed E-state index contributed by atoms with van der Waals surface area (Å²) in [6, 6.07) is 2.70. The third-order valence-corrected chi connectivity index (χ3v) is 1.78. The minimum absolute atomic E-state index is 0.0277. The zero-order valence-corrected chi connectivity index (χ0v) is 8.83. The number of rotatable bonds is 6. The summed E-state index contributed by atoms with van der Waals surface area (Å²) in [5, 5.41) is 2.32. The lowest BCUT2D eigenvalue weighted by molar-refractivity contribution is 0.0188. The zero-order chi connectivity index (χ0) is 12.7. The molecule has 1 N–H and O–H groups in total. The summed E-state index contributed by atoms with van der Waals surface area (Å²) in [4.78, 5) is 14.7. The molecular weight excluding hydrogens is 237 g/mol. The molecule has 0 saturated heterocycles. The number of carbonyl (C=O) groups excluding carboxylic acids is 1. The van der Waals surface area contributed by atoms with Gasteiger partial charge < -0.3 is 10.1 Å². The lowest BCUT2D eigenvalue weighted by Gasteiger charge is -2.06. The van der Waals surface area contributed by atoms with Crippen LogP contribution in [0.4, 0.5) is 13.2 Å². The molecule has 1 heterocycles. The number of hydrogen-bond donors (Lipinski definition) is 1. The van der Waals surface area contributed by atoms with E-state index in [1.54, 1.807) is 0 Å². The molecule has 94 valence electrons. The van der Waals surface area contributed by atoms with E-state index in [1.165, 1.54) is 18.3 Å². The molecule has 0 radical (unpaired) electrons. The Morgan fingerprint density at radius 2 is 2.29 bits per heavy atom. The number of halogens is 3. The highest BCUT2D eigenvalue weighted by molar-refractivity contribution is 5.94. The molecular formula is C10H11F3N2O2. The van der Waals surface area contributed by atoms with Gasteiger partial charge in [0.1, 0.15) is 6.61 Å². The first-order chi connectivity index (χ1) is 8.11. The smallest absolute Gasteiger partial charge is 0.261 e. The van der Waals surface area contributed by atoms with E-state index in [0.29, 0.717) is 0 Å². The van der Waals surface area contributed by atoms with Crippen LogP contribution in [0.5, 0.6) is 0 Å². The quantitative estimate of drug-likeness (QED) is 0.608. The third-order valence-electron chi connectivity index (χ3n) is 1.78. The van der Waals surface area contributed by atoms with Crippen LogP contribution in [0, 0.1) is 5.95 Å². The molecule has 0 fully saturated rings. The van der Waals surface area contributed by atoms with Crippen LogP contribution in [0.2, 0.25) is 0 Å². The molecule has 0 bridgehead atoms. The largest absolute Gasteiger partial charge is 0.374 e. The maximum absolute atomic E-state index is 13.0. The van der Waals surface area contributed by atoms with E-state index in [-0.39, 0.29) is 18.7 Å². The Bertz CT molecular complexity index is 374. The van der Waals surface area contributed by atoms with Crippen LogP contribution in [-0.4, -0.2) is 37.1 Å². The highest BCUT2D eigenvalue weighted by Crippen LogP contribution is 2.02. The van der Waals surface area contributed by atoms with Crippen LogP contribution in [0.25, 0.3) is 0 Å². The second kappa shape index (κ2) is 6.85. The molecule has 1 aromatic rings. The Balaban J connectivity index is 2.29. The van der Waals surface area contributed by atoms with Gasteiger partial charge in [0.25, 0.3) is 12.3 Å². The molecule has 0 spiro atoms. The van der Waals surface area contributed by atoms with Crippen LogP contribution >= 0.6 is 0 Å². The molecule has 0 saturated carbocycles. The maximum Gasteiger partial charge on any atom is 0.261 e. The minimum atomic E-state index is -2.54. The number of pyridine rings is 1. The monoisotopic (exact) mass is 248 g/mol. The summed E-state index contributed by atoms with van der Waals surface area (Å²) in [6.07, 6.45) is -1.32. The van der Waals surface area contributed by atoms with Crippen molar-refractivity contribution in [3.8, 4) is 0 Å². The van der Waals surface area contributed by atoms with Crippen LogP contribution in [0.15, 0.2) is 18.3 Å². The minimum Gasteiger partial charge on any atom is -0.374 e. The normalized spacial score (nSPS) is 10.6. The third kappa shape index (κ3) is 4.81. The van der Waals surface area contributed by atoms with Gasteiger partial charge in [-0.05, 0) is 12.1 Å². The fourth-order valence-electron chi connectivity index (χ4n) is 1.06. The predicted octanol–water partition coefficient (Wildman–Crippen LogP) is 1.23. The van der Waals surface area contributed by atoms with Gasteiger partial charge in [0.05, 0.1) is 12.2 Å². The van der Waals surface area contributed by atoms with E-state index < -0.39 is 24.9 Å². The first-order valence-corrected chi connectivity index (χ1v) is 4.86. The van der Waals surface area contributed by atoms with Crippen molar-refractivity contribution in [3.63, 3.8) is 0 Å². The first-order valence-electron chi connectivity index (χ1n) is 4.86. The average Bonchev–Trinajstić information content (AvgIpc) is 2.28. The molecule has 0 aliphatic rings. The molecule has 4 nitrogen and oxygen atoms in total. The molecule has 17 heavy (non-hydrogen) atoms. The maximum atomic E-state index is 13.0. The number of hydrogen-bond acceptors (Lipinski definition) is 3. The fraction of sp³-hybridized carbons (Fsp3) is 0.400. The molecule has 0 aliphatic heterocycles. The number of amides is 1. The van der Waals surface area contributed by atoms with Crippen molar-refractivity contribution in [1.82, 2.24) is 10.3 Å². The molecule has 1 amide bonds. The van der Waals surface area contributed by atoms with Crippen LogP contribution in [0.3, 0.4) is 0 Å². The van der Waals surface area contributed by atoms with Crippen molar-refractivity contribution >= 4 is 5.91 Å². The Kier molecular flexibility index (Phi) is 5.41. The van der Waals surface area contributed by atoms with Crippen LogP contribution in [-0.2, 0) is 4.74 Å². The topological polar surface area (TPSA) is 51.2 Å². The average molecular weight is 248 g/mol. The van der Waals surface area contributed by atoms with Gasteiger partial charge in [-0.25, -0.2) is 13.8 Å². The van der Waals surface area contributed by atoms with Gasteiger partial charge in [-0.1, -0.05) is 0 Å². The van der Waals surface area contributed by atoms with Gasteiger partial charge >= 0.3 is 0 Å². The SMILES string of the molecule is O=C(NCCOCC(F)F)c1cccnc1F. The molecule has 1 rings (SSSR count). The van der Waals surface area contributed by atoms with E-state index in [0.717, 1.165) is 0 Å². The summed E-state index contributed by atoms with van der Waals surface area (Å²) in [7, 11) is 0. The van der Waals surface area contributed by atoms with Crippen molar-refractivity contribution in [2.45, 2.75) is 6.43 Å². The number of alkyl halides is 2. The Hall–Kier alpha value is -1.63. The van der Waals surface area contributed by atoms with Crippen molar-refractivity contribution in [2.75, 3.05) is 19.8 Å². The Morgan fingerprint density at radius 1 is 1.53 bits per heavy atom. The lowest BCUT2D eigenvalue weighted by Crippen LogP contribution is -2.28. The van der Waals surface area contributed by atoms with Crippen molar-refractivity contribution in [1.29, 1.82) is 0 Å². The van der Waals surface area contributed by atoms with E-state index in [4.69, 9.17) is 0 Å². The zero-order valence-electron chi connectivity index (χ0n) is 8.83. The summed E-state index contributed by atoms with van der Waals surface area (Å²) in [5.41, 5.74) is -0.193. The number of nitrogens with zero attached hydrogens (tertiary/aromatic N) is 1. The van der Waals surface area contributed by atoms with E-state index >= 15 is 0 Å². The predicted molar refractivity (Wildman–Crippen MR) is 53.4 cm³/mol. The summed E-state index contributed by atoms with van der Waals surface area (Å²) in [6.45, 7) is -0.713. The van der Waals surface area contributed by atoms with E-state index in [9.17, 15) is 18.0 Å². The van der Waals surface area contributed by atoms with E-state index in [2.05, 4.69) is 15.0 Å². The number of nitrogens with one attached hydrogen (secondary N) is 1. The number of aromatic nitrogens is 1.